The van der Waals surface area contributed by atoms with Crippen molar-refractivity contribution in [1.29, 1.82) is 0 Å². The smallest absolute Gasteiger partial charge is 0.277 e. The molecule has 1 aromatic carbocycles. The van der Waals surface area contributed by atoms with Crippen LogP contribution < -0.4 is 10.5 Å². The Labute approximate surface area is 155 Å². The first kappa shape index (κ1) is 18.6. The fraction of sp³-hybridized carbons (Fsp3) is 0.524. The highest BCUT2D eigenvalue weighted by Gasteiger charge is 2.11. The summed E-state index contributed by atoms with van der Waals surface area (Å²) in [5, 5.41) is 1.02. The average Bonchev–Trinajstić information content (AvgIpc) is 3.05. The summed E-state index contributed by atoms with van der Waals surface area (Å²) in [5.41, 5.74) is 2.41. The maximum atomic E-state index is 12.8. The predicted molar refractivity (Wildman–Crippen MR) is 108 cm³/mol. The van der Waals surface area contributed by atoms with Gasteiger partial charge in [0.05, 0.1) is 26.0 Å². The van der Waals surface area contributed by atoms with E-state index in [4.69, 9.17) is 0 Å². The van der Waals surface area contributed by atoms with Crippen molar-refractivity contribution in [1.82, 2.24) is 14.5 Å². The van der Waals surface area contributed by atoms with Crippen LogP contribution in [0.5, 0.6) is 0 Å². The van der Waals surface area contributed by atoms with Gasteiger partial charge < -0.3 is 9.88 Å². The van der Waals surface area contributed by atoms with Crippen molar-refractivity contribution in [2.75, 3.05) is 19.6 Å². The van der Waals surface area contributed by atoms with Crippen LogP contribution in [0, 0.1) is 0 Å². The van der Waals surface area contributed by atoms with Crippen molar-refractivity contribution in [3.8, 4) is 0 Å². The van der Waals surface area contributed by atoms with Crippen LogP contribution in [-0.2, 0) is 6.54 Å². The van der Waals surface area contributed by atoms with Gasteiger partial charge in [0.1, 0.15) is 11.0 Å². The molecule has 0 aliphatic heterocycles. The van der Waals surface area contributed by atoms with Gasteiger partial charge in [-0.2, -0.15) is 0 Å². The zero-order valence-electron chi connectivity index (χ0n) is 16.1. The second-order valence-corrected chi connectivity index (χ2v) is 7.20. The molecule has 0 saturated carbocycles. The van der Waals surface area contributed by atoms with E-state index in [1.165, 1.54) is 38.8 Å². The number of quaternary nitrogens is 1. The minimum atomic E-state index is 0.0369. The van der Waals surface area contributed by atoms with Crippen molar-refractivity contribution in [2.24, 2.45) is 0 Å². The largest absolute Gasteiger partial charge is 0.349 e. The number of H-pyrrole nitrogens is 1. The molecule has 140 valence electrons. The van der Waals surface area contributed by atoms with Crippen molar-refractivity contribution in [2.45, 2.75) is 52.5 Å². The first-order chi connectivity index (χ1) is 12.7. The quantitative estimate of drug-likeness (QED) is 0.587. The van der Waals surface area contributed by atoms with Crippen molar-refractivity contribution < 1.29 is 4.90 Å². The van der Waals surface area contributed by atoms with Gasteiger partial charge in [-0.25, -0.2) is 4.98 Å². The number of unbranched alkanes of at least 4 members (excludes halogenated alkanes) is 2. The summed E-state index contributed by atoms with van der Waals surface area (Å²) in [7, 11) is 0. The Kier molecular flexibility index (Phi) is 6.45. The zero-order chi connectivity index (χ0) is 18.4. The van der Waals surface area contributed by atoms with Crippen LogP contribution in [0.1, 0.15) is 46.0 Å². The van der Waals surface area contributed by atoms with E-state index >= 15 is 0 Å². The Morgan fingerprint density at radius 3 is 2.46 bits per heavy atom. The molecule has 2 N–H and O–H groups in total. The predicted octanol–water partition coefficient (Wildman–Crippen LogP) is 2.75. The number of aromatic amines is 1. The lowest BCUT2D eigenvalue weighted by atomic mass is 10.2. The van der Waals surface area contributed by atoms with Gasteiger partial charge in [0.15, 0.2) is 0 Å². The molecule has 3 rings (SSSR count). The van der Waals surface area contributed by atoms with Crippen LogP contribution in [0.4, 0.5) is 0 Å². The monoisotopic (exact) mass is 355 g/mol. The van der Waals surface area contributed by atoms with E-state index in [-0.39, 0.29) is 5.56 Å². The minimum absolute atomic E-state index is 0.0369. The van der Waals surface area contributed by atoms with E-state index in [0.29, 0.717) is 5.52 Å². The van der Waals surface area contributed by atoms with Gasteiger partial charge in [-0.15, -0.1) is 0 Å². The Bertz CT molecular complexity index is 888. The molecule has 5 heteroatoms. The molecule has 0 bridgehead atoms. The first-order valence-electron chi connectivity index (χ1n) is 10.0. The maximum absolute atomic E-state index is 12.8. The van der Waals surface area contributed by atoms with Crippen LogP contribution >= 0.6 is 0 Å². The summed E-state index contributed by atoms with van der Waals surface area (Å²) in [5.74, 6) is 0. The summed E-state index contributed by atoms with van der Waals surface area (Å²) >= 11 is 0. The topological polar surface area (TPSA) is 55.1 Å². The number of rotatable bonds is 10. The van der Waals surface area contributed by atoms with Gasteiger partial charge in [-0.3, -0.25) is 9.36 Å². The summed E-state index contributed by atoms with van der Waals surface area (Å²) in [6.07, 6.45) is 7.77. The standard InChI is InChI=1S/C21H30N4O/c1-3-5-12-24(13-6-4-2)14-9-15-25-16-22-19-17-10-7-8-11-18(17)23-20(19)21(25)26/h7-8,10-11,16,23H,3-6,9,12-15H2,1-2H3/p+1. The fourth-order valence-electron chi connectivity index (χ4n) is 3.63. The third-order valence-corrected chi connectivity index (χ3v) is 5.18. The van der Waals surface area contributed by atoms with Crippen LogP contribution in [0.3, 0.4) is 0 Å². The summed E-state index contributed by atoms with van der Waals surface area (Å²) in [4.78, 5) is 22.3. The maximum Gasteiger partial charge on any atom is 0.277 e. The van der Waals surface area contributed by atoms with Gasteiger partial charge in [-0.05, 0) is 18.9 Å². The third-order valence-electron chi connectivity index (χ3n) is 5.18. The molecule has 5 nitrogen and oxygen atoms in total. The number of nitrogens with one attached hydrogen (secondary N) is 2. The zero-order valence-corrected chi connectivity index (χ0v) is 16.1. The molecule has 0 saturated heterocycles. The molecule has 0 atom stereocenters. The second kappa shape index (κ2) is 8.99. The van der Waals surface area contributed by atoms with Gasteiger partial charge in [0.25, 0.3) is 5.56 Å². The summed E-state index contributed by atoms with van der Waals surface area (Å²) in [6.45, 7) is 8.84. The third kappa shape index (κ3) is 4.15. The Hall–Kier alpha value is -2.14. The Morgan fingerprint density at radius 2 is 1.73 bits per heavy atom. The number of hydrogen-bond donors (Lipinski definition) is 2. The lowest BCUT2D eigenvalue weighted by molar-refractivity contribution is -0.900. The lowest BCUT2D eigenvalue weighted by Gasteiger charge is -2.19. The molecule has 0 aliphatic rings. The highest BCUT2D eigenvalue weighted by molar-refractivity contribution is 6.04. The molecule has 3 aromatic rings. The second-order valence-electron chi connectivity index (χ2n) is 7.20. The van der Waals surface area contributed by atoms with E-state index in [9.17, 15) is 4.79 Å². The number of benzene rings is 1. The summed E-state index contributed by atoms with van der Waals surface area (Å²) in [6, 6.07) is 7.95. The van der Waals surface area contributed by atoms with E-state index in [1.54, 1.807) is 15.8 Å². The molecular weight excluding hydrogens is 324 g/mol. The Morgan fingerprint density at radius 1 is 1.04 bits per heavy atom. The van der Waals surface area contributed by atoms with Crippen LogP contribution in [0.25, 0.3) is 21.9 Å². The fourth-order valence-corrected chi connectivity index (χ4v) is 3.63. The number of para-hydroxylation sites is 1. The molecule has 2 aromatic heterocycles. The van der Waals surface area contributed by atoms with E-state index in [0.717, 1.165) is 35.9 Å². The molecule has 0 spiro atoms. The molecule has 0 aliphatic carbocycles. The van der Waals surface area contributed by atoms with Gasteiger partial charge in [0.2, 0.25) is 0 Å². The number of hydrogen-bond acceptors (Lipinski definition) is 2. The van der Waals surface area contributed by atoms with Gasteiger partial charge in [0, 0.05) is 23.9 Å². The van der Waals surface area contributed by atoms with Crippen molar-refractivity contribution >= 4 is 21.9 Å². The van der Waals surface area contributed by atoms with E-state index in [2.05, 4.69) is 23.8 Å². The Balaban J connectivity index is 1.69. The summed E-state index contributed by atoms with van der Waals surface area (Å²) < 4.78 is 1.76. The number of fused-ring (bicyclic) bond motifs is 3. The van der Waals surface area contributed by atoms with E-state index < -0.39 is 0 Å². The van der Waals surface area contributed by atoms with Crippen molar-refractivity contribution in [3.63, 3.8) is 0 Å². The van der Waals surface area contributed by atoms with Crippen LogP contribution in [-0.4, -0.2) is 34.2 Å². The highest BCUT2D eigenvalue weighted by atomic mass is 16.1. The first-order valence-corrected chi connectivity index (χ1v) is 10.0. The van der Waals surface area contributed by atoms with Crippen LogP contribution in [0.2, 0.25) is 0 Å². The van der Waals surface area contributed by atoms with Crippen molar-refractivity contribution in [3.05, 3.63) is 40.9 Å². The number of nitrogens with zero attached hydrogens (tertiary/aromatic N) is 2. The number of aryl methyl sites for hydroxylation is 1. The molecule has 2 heterocycles. The van der Waals surface area contributed by atoms with Crippen LogP contribution in [0.15, 0.2) is 35.4 Å². The molecule has 0 radical (unpaired) electrons. The molecule has 0 amide bonds. The highest BCUT2D eigenvalue weighted by Crippen LogP contribution is 2.20. The lowest BCUT2D eigenvalue weighted by Crippen LogP contribution is -3.12. The molecular formula is C21H31N4O+. The minimum Gasteiger partial charge on any atom is -0.349 e. The molecule has 0 unspecified atom stereocenters. The van der Waals surface area contributed by atoms with Gasteiger partial charge >= 0.3 is 0 Å². The van der Waals surface area contributed by atoms with E-state index in [1.807, 2.05) is 24.3 Å². The molecule has 0 fully saturated rings. The average molecular weight is 356 g/mol. The number of aromatic nitrogens is 3. The van der Waals surface area contributed by atoms with Gasteiger partial charge in [-0.1, -0.05) is 44.9 Å². The molecule has 26 heavy (non-hydrogen) atoms. The normalized spacial score (nSPS) is 11.8. The SMILES string of the molecule is CCCC[NH+](CCCC)CCCn1cnc2c([nH]c3ccccc32)c1=O.